The maximum atomic E-state index is 9.77. The van der Waals surface area contributed by atoms with Gasteiger partial charge in [-0.15, -0.1) is 0 Å². The van der Waals surface area contributed by atoms with Crippen molar-refractivity contribution in [1.29, 1.82) is 0 Å². The molecule has 6 heteroatoms. The molecule has 5 nitrogen and oxygen atoms in total. The maximum absolute atomic E-state index is 9.77. The average molecular weight is 213 g/mol. The van der Waals surface area contributed by atoms with Crippen LogP contribution in [0.2, 0.25) is 0 Å². The number of hydrogen-bond donors (Lipinski definition) is 2. The number of ether oxygens (including phenoxy) is 1. The summed E-state index contributed by atoms with van der Waals surface area (Å²) < 4.78 is 15.3. The fourth-order valence-electron chi connectivity index (χ4n) is 0.861. The van der Waals surface area contributed by atoms with E-state index < -0.39 is 7.94 Å². The molecule has 0 radical (unpaired) electrons. The van der Waals surface area contributed by atoms with Crippen molar-refractivity contribution in [3.05, 3.63) is 0 Å². The minimum absolute atomic E-state index is 0.117. The minimum atomic E-state index is -3.06. The molecule has 0 saturated heterocycles. The summed E-state index contributed by atoms with van der Waals surface area (Å²) in [7, 11) is -3.06. The van der Waals surface area contributed by atoms with Crippen LogP contribution in [0.25, 0.3) is 0 Å². The summed E-state index contributed by atoms with van der Waals surface area (Å²) in [6.07, 6.45) is 0.117. The molecular weight excluding hydrogens is 193 g/mol. The van der Waals surface area contributed by atoms with Crippen LogP contribution in [0, 0.1) is 0 Å². The average Bonchev–Trinajstić information content (AvgIpc) is 2.05. The van der Waals surface area contributed by atoms with Crippen molar-refractivity contribution in [2.45, 2.75) is 13.8 Å². The van der Waals surface area contributed by atoms with Gasteiger partial charge in [-0.05, 0) is 0 Å². The molecule has 0 aliphatic carbocycles. The summed E-state index contributed by atoms with van der Waals surface area (Å²) >= 11 is 0. The van der Waals surface area contributed by atoms with Gasteiger partial charge in [0.1, 0.15) is 0 Å². The van der Waals surface area contributed by atoms with Gasteiger partial charge in [0.25, 0.3) is 0 Å². The summed E-state index contributed by atoms with van der Waals surface area (Å²) in [4.78, 5) is 9.77. The van der Waals surface area contributed by atoms with E-state index in [2.05, 4.69) is 0 Å². The predicted molar refractivity (Wildman–Crippen MR) is 53.7 cm³/mol. The molecule has 0 atom stereocenters. The Labute approximate surface area is 79.7 Å². The molecule has 3 N–H and O–H groups in total. The summed E-state index contributed by atoms with van der Waals surface area (Å²) in [6, 6.07) is 0. The van der Waals surface area contributed by atoms with Gasteiger partial charge in [0.15, 0.2) is 0 Å². The predicted octanol–water partition coefficient (Wildman–Crippen LogP) is 0.479. The Kier molecular flexibility index (Phi) is 7.75. The Hall–Kier alpha value is 0.230. The molecule has 0 rings (SSSR count). The molecule has 0 fully saturated rings. The van der Waals surface area contributed by atoms with E-state index in [0.29, 0.717) is 26.4 Å². The first-order chi connectivity index (χ1) is 6.18. The Balaban J connectivity index is 3.76. The van der Waals surface area contributed by atoms with E-state index in [1.807, 2.05) is 0 Å². The molecule has 0 saturated carbocycles. The van der Waals surface area contributed by atoms with Crippen LogP contribution >= 0.6 is 7.94 Å². The van der Waals surface area contributed by atoms with E-state index in [1.54, 1.807) is 13.8 Å². The van der Waals surface area contributed by atoms with E-state index in [0.717, 1.165) is 0 Å². The van der Waals surface area contributed by atoms with Gasteiger partial charge in [0, 0.05) is 0 Å². The molecule has 0 spiro atoms. The molecule has 0 bridgehead atoms. The van der Waals surface area contributed by atoms with Gasteiger partial charge in [-0.2, -0.15) is 0 Å². The van der Waals surface area contributed by atoms with Gasteiger partial charge >= 0.3 is 78.9 Å². The van der Waals surface area contributed by atoms with Crippen LogP contribution in [0.15, 0.2) is 0 Å². The molecule has 82 valence electrons. The normalized spacial score (nSPS) is 13.2. The summed E-state index contributed by atoms with van der Waals surface area (Å²) in [5.41, 5.74) is 5.23. The zero-order valence-electron chi connectivity index (χ0n) is 8.28. The first kappa shape index (κ1) is 13.2. The van der Waals surface area contributed by atoms with Gasteiger partial charge in [0.05, 0.1) is 0 Å². The SMILES string of the molecule is CCO[PH](O)(COCCN)OCC. The summed E-state index contributed by atoms with van der Waals surface area (Å²) in [5, 5.41) is 0. The van der Waals surface area contributed by atoms with Crippen molar-refractivity contribution < 1.29 is 18.7 Å². The van der Waals surface area contributed by atoms with Crippen molar-refractivity contribution in [3.8, 4) is 0 Å². The fourth-order valence-corrected chi connectivity index (χ4v) is 2.41. The van der Waals surface area contributed by atoms with Gasteiger partial charge in [-0.1, -0.05) is 0 Å². The van der Waals surface area contributed by atoms with Crippen molar-refractivity contribution in [2.75, 3.05) is 32.7 Å². The molecule has 0 heterocycles. The molecule has 0 aliphatic heterocycles. The molecule has 0 aromatic rings. The third-order valence-corrected chi connectivity index (χ3v) is 3.33. The van der Waals surface area contributed by atoms with Gasteiger partial charge in [-0.3, -0.25) is 0 Å². The second kappa shape index (κ2) is 7.62. The van der Waals surface area contributed by atoms with Gasteiger partial charge in [0.2, 0.25) is 0 Å². The topological polar surface area (TPSA) is 73.9 Å². The number of nitrogens with two attached hydrogens (primary N) is 1. The molecule has 0 amide bonds. The monoisotopic (exact) mass is 213 g/mol. The third-order valence-electron chi connectivity index (χ3n) is 1.29. The van der Waals surface area contributed by atoms with Crippen LogP contribution in [0.3, 0.4) is 0 Å². The summed E-state index contributed by atoms with van der Waals surface area (Å²) in [6.45, 7) is 5.31. The van der Waals surface area contributed by atoms with Crippen LogP contribution in [-0.4, -0.2) is 37.6 Å². The Bertz CT molecular complexity index is 119. The first-order valence-corrected chi connectivity index (χ1v) is 6.43. The second-order valence-electron chi connectivity index (χ2n) is 2.42. The Morgan fingerprint density at radius 3 is 2.15 bits per heavy atom. The Morgan fingerprint density at radius 1 is 1.23 bits per heavy atom. The number of rotatable bonds is 8. The van der Waals surface area contributed by atoms with Crippen molar-refractivity contribution >= 4 is 7.94 Å². The molecule has 13 heavy (non-hydrogen) atoms. The van der Waals surface area contributed by atoms with Gasteiger partial charge in [-0.25, -0.2) is 0 Å². The van der Waals surface area contributed by atoms with Crippen molar-refractivity contribution in [2.24, 2.45) is 5.73 Å². The second-order valence-corrected chi connectivity index (χ2v) is 4.71. The van der Waals surface area contributed by atoms with Gasteiger partial charge < -0.3 is 0 Å². The van der Waals surface area contributed by atoms with Crippen LogP contribution < -0.4 is 5.73 Å². The zero-order chi connectivity index (χ0) is 10.2. The van der Waals surface area contributed by atoms with Crippen LogP contribution in [-0.2, 0) is 13.8 Å². The van der Waals surface area contributed by atoms with Crippen LogP contribution in [0.1, 0.15) is 13.8 Å². The van der Waals surface area contributed by atoms with Crippen LogP contribution in [0.4, 0.5) is 0 Å². The van der Waals surface area contributed by atoms with Crippen molar-refractivity contribution in [3.63, 3.8) is 0 Å². The van der Waals surface area contributed by atoms with E-state index >= 15 is 0 Å². The number of hydrogen-bond acceptors (Lipinski definition) is 5. The molecule has 0 aliphatic rings. The van der Waals surface area contributed by atoms with Crippen molar-refractivity contribution in [1.82, 2.24) is 0 Å². The van der Waals surface area contributed by atoms with E-state index in [9.17, 15) is 4.89 Å². The first-order valence-electron chi connectivity index (χ1n) is 4.46. The van der Waals surface area contributed by atoms with E-state index in [4.69, 9.17) is 19.5 Å². The standard InChI is InChI=1S/C7H20NO4P/c1-3-11-13(9,12-4-2)7-10-6-5-8/h9,13H,3-8H2,1-2H3. The van der Waals surface area contributed by atoms with E-state index in [-0.39, 0.29) is 6.35 Å². The Morgan fingerprint density at radius 2 is 1.77 bits per heavy atom. The fraction of sp³-hybridized carbons (Fsp3) is 1.00. The third kappa shape index (κ3) is 6.32. The molecule has 0 aromatic carbocycles. The quantitative estimate of drug-likeness (QED) is 0.453. The molecule has 0 aromatic heterocycles. The van der Waals surface area contributed by atoms with Crippen LogP contribution in [0.5, 0.6) is 0 Å². The zero-order valence-corrected chi connectivity index (χ0v) is 9.28. The molecule has 0 unspecified atom stereocenters. The van der Waals surface area contributed by atoms with E-state index in [1.165, 1.54) is 0 Å². The molecular formula is C7H20NO4P. The summed E-state index contributed by atoms with van der Waals surface area (Å²) in [5.74, 6) is 0.